The number of alkyl halides is 2. The van der Waals surface area contributed by atoms with Gasteiger partial charge in [0.25, 0.3) is 6.43 Å². The summed E-state index contributed by atoms with van der Waals surface area (Å²) in [4.78, 5) is 15.7. The molecule has 0 unspecified atom stereocenters. The van der Waals surface area contributed by atoms with Gasteiger partial charge in [0, 0.05) is 0 Å². The number of halogens is 2. The van der Waals surface area contributed by atoms with Crippen LogP contribution in [0.5, 0.6) is 0 Å². The first-order valence-electron chi connectivity index (χ1n) is 10.9. The molecule has 1 aromatic heterocycles. The van der Waals surface area contributed by atoms with Crippen molar-refractivity contribution in [3.8, 4) is 6.07 Å². The van der Waals surface area contributed by atoms with Gasteiger partial charge in [-0.3, -0.25) is 0 Å². The number of sulfonamides is 1. The van der Waals surface area contributed by atoms with E-state index in [2.05, 4.69) is 15.6 Å². The number of nitrogens with zero attached hydrogens (tertiary/aromatic N) is 2. The Bertz CT molecular complexity index is 988. The molecule has 2 rings (SSSR count). The third kappa shape index (κ3) is 8.34. The summed E-state index contributed by atoms with van der Waals surface area (Å²) in [6.07, 6.45) is 0.429. The Kier molecular flexibility index (Phi) is 9.54. The van der Waals surface area contributed by atoms with Crippen LogP contribution in [-0.4, -0.2) is 55.4 Å². The molecule has 1 aliphatic rings. The zero-order chi connectivity index (χ0) is 25.5. The maximum Gasteiger partial charge on any atom is 0.408 e. The van der Waals surface area contributed by atoms with Gasteiger partial charge in [-0.1, -0.05) is 19.3 Å². The predicted molar refractivity (Wildman–Crippen MR) is 120 cm³/mol. The van der Waals surface area contributed by atoms with Gasteiger partial charge in [0.05, 0.1) is 24.3 Å². The lowest BCUT2D eigenvalue weighted by Gasteiger charge is -2.35. The van der Waals surface area contributed by atoms with Crippen LogP contribution < -0.4 is 15.4 Å². The smallest absolute Gasteiger partial charge is 0.408 e. The minimum absolute atomic E-state index is 0.0244. The number of rotatable bonds is 9. The summed E-state index contributed by atoms with van der Waals surface area (Å²) in [6, 6.07) is 2.05. The van der Waals surface area contributed by atoms with Gasteiger partial charge in [-0.25, -0.2) is 31.7 Å². The molecular formula is C21H31F2N5O5S. The van der Waals surface area contributed by atoms with Gasteiger partial charge in [0.15, 0.2) is 0 Å². The van der Waals surface area contributed by atoms with E-state index in [1.807, 2.05) is 0 Å². The number of alkyl carbamates (subject to hydrolysis) is 1. The molecule has 1 heterocycles. The Hall–Kier alpha value is -2.56. The van der Waals surface area contributed by atoms with Gasteiger partial charge in [0.1, 0.15) is 28.6 Å². The SMILES string of the molecule is CC(C)(C)OC(=O)N[C@@H](C1CCCCC1)[C@H](O)Nc1cc(C#N)c(S(=O)(=O)NCC(F)F)cn1. The van der Waals surface area contributed by atoms with E-state index in [-0.39, 0.29) is 17.3 Å². The molecule has 0 saturated heterocycles. The summed E-state index contributed by atoms with van der Waals surface area (Å²) in [5, 5.41) is 25.7. The Morgan fingerprint density at radius 2 is 1.97 bits per heavy atom. The minimum atomic E-state index is -4.39. The van der Waals surface area contributed by atoms with Crippen molar-refractivity contribution in [3.63, 3.8) is 0 Å². The average Bonchev–Trinajstić information content (AvgIpc) is 2.75. The standard InChI is InChI=1S/C21H31F2N5O5S/c1-21(2,3)33-20(30)28-18(13-7-5-4-6-8-13)19(29)27-17-9-14(10-24)15(11-25-17)34(31,32)26-12-16(22)23/h9,11,13,16,18-19,26,29H,4-8,12H2,1-3H3,(H,25,27)(H,28,30)/t18-,19-/m0/s1. The van der Waals surface area contributed by atoms with Gasteiger partial charge >= 0.3 is 6.09 Å². The third-order valence-electron chi connectivity index (χ3n) is 5.18. The zero-order valence-electron chi connectivity index (χ0n) is 19.3. The number of nitrogens with one attached hydrogen (secondary N) is 3. The number of nitriles is 1. The zero-order valence-corrected chi connectivity index (χ0v) is 20.2. The number of hydrogen-bond donors (Lipinski definition) is 4. The van der Waals surface area contributed by atoms with Crippen LogP contribution in [0, 0.1) is 17.2 Å². The summed E-state index contributed by atoms with van der Waals surface area (Å²) < 4.78 is 56.3. The van der Waals surface area contributed by atoms with Crippen molar-refractivity contribution in [1.29, 1.82) is 5.26 Å². The predicted octanol–water partition coefficient (Wildman–Crippen LogP) is 2.70. The first-order valence-corrected chi connectivity index (χ1v) is 12.4. The molecule has 2 atom stereocenters. The normalized spacial score (nSPS) is 17.0. The molecule has 1 aliphatic carbocycles. The number of carbonyl (C=O) groups is 1. The van der Waals surface area contributed by atoms with Crippen LogP contribution in [0.15, 0.2) is 17.2 Å². The maximum atomic E-state index is 12.4. The van der Waals surface area contributed by atoms with Crippen LogP contribution >= 0.6 is 0 Å². The monoisotopic (exact) mass is 503 g/mol. The lowest BCUT2D eigenvalue weighted by molar-refractivity contribution is 0.0366. The molecule has 4 N–H and O–H groups in total. The van der Waals surface area contributed by atoms with E-state index in [1.165, 1.54) is 0 Å². The highest BCUT2D eigenvalue weighted by molar-refractivity contribution is 7.89. The number of hydrogen-bond acceptors (Lipinski definition) is 8. The number of aliphatic hydroxyl groups is 1. The first kappa shape index (κ1) is 27.7. The van der Waals surface area contributed by atoms with Gasteiger partial charge in [0.2, 0.25) is 10.0 Å². The number of carbonyl (C=O) groups excluding carboxylic acids is 1. The summed E-state index contributed by atoms with van der Waals surface area (Å²) in [6.45, 7) is 4.05. The molecule has 190 valence electrons. The van der Waals surface area contributed by atoms with E-state index in [0.29, 0.717) is 0 Å². The highest BCUT2D eigenvalue weighted by atomic mass is 32.2. The second-order valence-electron chi connectivity index (χ2n) is 9.08. The molecule has 13 heteroatoms. The van der Waals surface area contributed by atoms with E-state index in [1.54, 1.807) is 31.6 Å². The van der Waals surface area contributed by atoms with Crippen molar-refractivity contribution in [2.75, 3.05) is 11.9 Å². The fourth-order valence-corrected chi connectivity index (χ4v) is 4.79. The van der Waals surface area contributed by atoms with E-state index < -0.39 is 51.9 Å². The first-order chi connectivity index (χ1) is 15.8. The van der Waals surface area contributed by atoms with Crippen molar-refractivity contribution in [2.45, 2.75) is 82.1 Å². The summed E-state index contributed by atoms with van der Waals surface area (Å²) in [7, 11) is -4.39. The van der Waals surface area contributed by atoms with Gasteiger partial charge < -0.3 is 20.5 Å². The minimum Gasteiger partial charge on any atom is -0.444 e. The molecular weight excluding hydrogens is 472 g/mol. The van der Waals surface area contributed by atoms with E-state index >= 15 is 0 Å². The van der Waals surface area contributed by atoms with E-state index in [0.717, 1.165) is 44.4 Å². The Morgan fingerprint density at radius 3 is 2.53 bits per heavy atom. The van der Waals surface area contributed by atoms with Crippen molar-refractivity contribution < 1.29 is 31.8 Å². The lowest BCUT2D eigenvalue weighted by atomic mass is 9.83. The molecule has 0 aromatic carbocycles. The molecule has 0 bridgehead atoms. The summed E-state index contributed by atoms with van der Waals surface area (Å²) in [5.74, 6) is -0.0685. The molecule has 1 fully saturated rings. The molecule has 0 aliphatic heterocycles. The number of amides is 1. The fraction of sp³-hybridized carbons (Fsp3) is 0.667. The third-order valence-corrected chi connectivity index (χ3v) is 6.63. The van der Waals surface area contributed by atoms with Crippen molar-refractivity contribution in [3.05, 3.63) is 17.8 Å². The molecule has 0 radical (unpaired) electrons. The molecule has 1 saturated carbocycles. The van der Waals surface area contributed by atoms with Crippen molar-refractivity contribution in [1.82, 2.24) is 15.0 Å². The lowest BCUT2D eigenvalue weighted by Crippen LogP contribution is -2.52. The molecule has 34 heavy (non-hydrogen) atoms. The Morgan fingerprint density at radius 1 is 1.32 bits per heavy atom. The highest BCUT2D eigenvalue weighted by Crippen LogP contribution is 2.29. The number of aliphatic hydroxyl groups excluding tert-OH is 1. The van der Waals surface area contributed by atoms with Gasteiger partial charge in [-0.05, 0) is 45.6 Å². The number of pyridine rings is 1. The molecule has 10 nitrogen and oxygen atoms in total. The summed E-state index contributed by atoms with van der Waals surface area (Å²) in [5.41, 5.74) is -1.08. The largest absolute Gasteiger partial charge is 0.444 e. The average molecular weight is 504 g/mol. The number of ether oxygens (including phenoxy) is 1. The summed E-state index contributed by atoms with van der Waals surface area (Å²) >= 11 is 0. The molecule has 1 aromatic rings. The van der Waals surface area contributed by atoms with E-state index in [9.17, 15) is 32.4 Å². The van der Waals surface area contributed by atoms with Crippen molar-refractivity contribution >= 4 is 21.9 Å². The number of aromatic nitrogens is 1. The van der Waals surface area contributed by atoms with Crippen LogP contribution in [-0.2, 0) is 14.8 Å². The van der Waals surface area contributed by atoms with Crippen LogP contribution in [0.3, 0.4) is 0 Å². The van der Waals surface area contributed by atoms with Gasteiger partial charge in [-0.2, -0.15) is 5.26 Å². The fourth-order valence-electron chi connectivity index (χ4n) is 3.71. The molecule has 0 spiro atoms. The van der Waals surface area contributed by atoms with Crippen LogP contribution in [0.4, 0.5) is 19.4 Å². The quantitative estimate of drug-likeness (QED) is 0.375. The second kappa shape index (κ2) is 11.7. The maximum absolute atomic E-state index is 12.4. The Labute approximate surface area is 198 Å². The van der Waals surface area contributed by atoms with Crippen molar-refractivity contribution in [2.24, 2.45) is 5.92 Å². The van der Waals surface area contributed by atoms with Crippen LogP contribution in [0.2, 0.25) is 0 Å². The highest BCUT2D eigenvalue weighted by Gasteiger charge is 2.33. The van der Waals surface area contributed by atoms with E-state index in [4.69, 9.17) is 4.74 Å². The van der Waals surface area contributed by atoms with Crippen LogP contribution in [0.1, 0.15) is 58.4 Å². The second-order valence-corrected chi connectivity index (χ2v) is 10.8. The van der Waals surface area contributed by atoms with Gasteiger partial charge in [-0.15, -0.1) is 0 Å². The Balaban J connectivity index is 2.22. The topological polar surface area (TPSA) is 153 Å². The van der Waals surface area contributed by atoms with Crippen LogP contribution in [0.25, 0.3) is 0 Å². The molecule has 1 amide bonds. The number of anilines is 1.